The lowest BCUT2D eigenvalue weighted by Crippen LogP contribution is -2.62. The molecule has 1 amide bonds. The van der Waals surface area contributed by atoms with Crippen LogP contribution in [0.15, 0.2) is 34.8 Å². The van der Waals surface area contributed by atoms with Gasteiger partial charge in [0.15, 0.2) is 0 Å². The summed E-state index contributed by atoms with van der Waals surface area (Å²) in [5.41, 5.74) is 0.929. The van der Waals surface area contributed by atoms with E-state index in [2.05, 4.69) is 20.2 Å². The number of methoxy groups -OCH3 is 2. The van der Waals surface area contributed by atoms with Crippen molar-refractivity contribution in [3.63, 3.8) is 0 Å². The molecular formula is C31H35Cl2N7O4. The van der Waals surface area contributed by atoms with E-state index in [1.165, 1.54) is 14.2 Å². The number of nitrogens with one attached hydrogen (secondary N) is 1. The maximum absolute atomic E-state index is 14.3. The topological polar surface area (TPSA) is 126 Å². The van der Waals surface area contributed by atoms with Crippen LogP contribution in [0.4, 0.5) is 5.95 Å². The zero-order valence-electron chi connectivity index (χ0n) is 25.4. The summed E-state index contributed by atoms with van der Waals surface area (Å²) >= 11 is 13.5. The first-order chi connectivity index (χ1) is 21.1. The molecule has 232 valence electrons. The Hall–Kier alpha value is -3.85. The first-order valence-corrected chi connectivity index (χ1v) is 15.2. The van der Waals surface area contributed by atoms with E-state index < -0.39 is 0 Å². The van der Waals surface area contributed by atoms with Crippen molar-refractivity contribution < 1.29 is 14.3 Å². The molecule has 0 spiro atoms. The van der Waals surface area contributed by atoms with E-state index in [0.717, 1.165) is 19.4 Å². The molecule has 0 bridgehead atoms. The molecule has 2 aromatic heterocycles. The molecule has 2 fully saturated rings. The summed E-state index contributed by atoms with van der Waals surface area (Å²) in [4.78, 5) is 40.4. The molecule has 1 atom stereocenters. The monoisotopic (exact) mass is 639 g/mol. The number of likely N-dealkylation sites (tertiary alicyclic amines) is 2. The summed E-state index contributed by atoms with van der Waals surface area (Å²) in [6, 6.07) is 5.47. The molecule has 2 aliphatic rings. The number of pyridine rings is 1. The largest absolute Gasteiger partial charge is 0.495 e. The average Bonchev–Trinajstić information content (AvgIpc) is 3.44. The van der Waals surface area contributed by atoms with E-state index >= 15 is 0 Å². The summed E-state index contributed by atoms with van der Waals surface area (Å²) in [5, 5.41) is 13.5. The van der Waals surface area contributed by atoms with Gasteiger partial charge in [-0.1, -0.05) is 43.1 Å². The predicted molar refractivity (Wildman–Crippen MR) is 171 cm³/mol. The van der Waals surface area contributed by atoms with E-state index in [-0.39, 0.29) is 50.6 Å². The van der Waals surface area contributed by atoms with Gasteiger partial charge in [0.2, 0.25) is 5.95 Å². The summed E-state index contributed by atoms with van der Waals surface area (Å²) in [7, 11) is 4.68. The van der Waals surface area contributed by atoms with Gasteiger partial charge < -0.3 is 19.7 Å². The van der Waals surface area contributed by atoms with Crippen LogP contribution in [0.1, 0.15) is 26.7 Å². The third-order valence-electron chi connectivity index (χ3n) is 8.18. The van der Waals surface area contributed by atoms with Crippen LogP contribution in [0.25, 0.3) is 22.2 Å². The van der Waals surface area contributed by atoms with Gasteiger partial charge in [-0.25, -0.2) is 4.98 Å². The van der Waals surface area contributed by atoms with Gasteiger partial charge in [-0.05, 0) is 31.4 Å². The zero-order chi connectivity index (χ0) is 31.7. The first kappa shape index (κ1) is 31.6. The lowest BCUT2D eigenvalue weighted by Gasteiger charge is -2.46. The van der Waals surface area contributed by atoms with Crippen LogP contribution >= 0.6 is 23.2 Å². The molecule has 1 unspecified atom stereocenters. The van der Waals surface area contributed by atoms with Crippen LogP contribution in [0.2, 0.25) is 10.0 Å². The van der Waals surface area contributed by atoms with Gasteiger partial charge >= 0.3 is 0 Å². The van der Waals surface area contributed by atoms with Crippen molar-refractivity contribution >= 4 is 46.1 Å². The normalized spacial score (nSPS) is 17.6. The van der Waals surface area contributed by atoms with Crippen LogP contribution in [0.5, 0.6) is 11.5 Å². The maximum atomic E-state index is 14.3. The van der Waals surface area contributed by atoms with Crippen LogP contribution < -0.4 is 20.3 Å². The summed E-state index contributed by atoms with van der Waals surface area (Å²) in [6.45, 7) is 6.15. The number of aromatic nitrogens is 3. The molecule has 13 heteroatoms. The Morgan fingerprint density at radius 3 is 2.48 bits per heavy atom. The molecule has 0 radical (unpaired) electrons. The molecule has 1 N–H and O–H groups in total. The van der Waals surface area contributed by atoms with Crippen LogP contribution in [-0.4, -0.2) is 83.2 Å². The standard InChI is InChI=1S/C31H35Cl2N7O4/c1-17(2)9-18(12-34)29(41)38-14-21(15-38)39-8-6-7-20(39)16-40-28-19(13-36-31(35-3)37-28)10-22(30(40)42)25-26(32)23(43-4)11-24(44-5)27(25)33/h9-11,13,17,20-21H,6-8,14-16H2,1-5H3,(H,35,36,37)/b18-9-. The molecular weight excluding hydrogens is 605 g/mol. The minimum atomic E-state index is -0.313. The van der Waals surface area contributed by atoms with Gasteiger partial charge in [-0.2, -0.15) is 10.2 Å². The van der Waals surface area contributed by atoms with Gasteiger partial charge in [0.25, 0.3) is 11.5 Å². The van der Waals surface area contributed by atoms with Gasteiger partial charge in [0.1, 0.15) is 28.8 Å². The highest BCUT2D eigenvalue weighted by atomic mass is 35.5. The highest BCUT2D eigenvalue weighted by Crippen LogP contribution is 2.45. The summed E-state index contributed by atoms with van der Waals surface area (Å²) in [6.07, 6.45) is 5.19. The SMILES string of the molecule is CNc1ncc2cc(-c3c(Cl)c(OC)cc(OC)c3Cl)c(=O)n(CC3CCCN3C3CN(C(=O)/C(C#N)=C\C(C)C)C3)c2n1. The lowest BCUT2D eigenvalue weighted by atomic mass is 10.0. The van der Waals surface area contributed by atoms with Crippen LogP contribution in [-0.2, 0) is 11.3 Å². The first-order valence-electron chi connectivity index (χ1n) is 14.5. The molecule has 2 saturated heterocycles. The number of nitrogens with zero attached hydrogens (tertiary/aromatic N) is 6. The molecule has 44 heavy (non-hydrogen) atoms. The third kappa shape index (κ3) is 5.82. The molecule has 0 aliphatic carbocycles. The fourth-order valence-electron chi connectivity index (χ4n) is 5.99. The second-order valence-electron chi connectivity index (χ2n) is 11.3. The molecule has 4 heterocycles. The minimum absolute atomic E-state index is 0.0221. The van der Waals surface area contributed by atoms with E-state index in [4.69, 9.17) is 32.7 Å². The smallest absolute Gasteiger partial charge is 0.264 e. The minimum Gasteiger partial charge on any atom is -0.495 e. The summed E-state index contributed by atoms with van der Waals surface area (Å²) < 4.78 is 12.6. The Kier molecular flexibility index (Phi) is 9.34. The van der Waals surface area contributed by atoms with E-state index in [1.54, 1.807) is 40.9 Å². The highest BCUT2D eigenvalue weighted by Gasteiger charge is 2.41. The molecule has 1 aromatic carbocycles. The molecule has 3 aromatic rings. The molecule has 2 aliphatic heterocycles. The number of rotatable bonds is 9. The predicted octanol–water partition coefficient (Wildman–Crippen LogP) is 4.61. The van der Waals surface area contributed by atoms with Crippen molar-refractivity contribution in [2.24, 2.45) is 5.92 Å². The summed E-state index contributed by atoms with van der Waals surface area (Å²) in [5.74, 6) is 0.903. The number of halogens is 2. The molecule has 5 rings (SSSR count). The fraction of sp³-hybridized carbons (Fsp3) is 0.452. The van der Waals surface area contributed by atoms with Crippen molar-refractivity contribution in [1.29, 1.82) is 5.26 Å². The molecule has 11 nitrogen and oxygen atoms in total. The number of carbonyl (C=O) groups excluding carboxylic acids is 1. The second kappa shape index (κ2) is 13.0. The number of carbonyl (C=O) groups is 1. The molecule has 0 saturated carbocycles. The zero-order valence-corrected chi connectivity index (χ0v) is 26.9. The number of hydrogen-bond acceptors (Lipinski definition) is 9. The van der Waals surface area contributed by atoms with E-state index in [0.29, 0.717) is 53.7 Å². The Morgan fingerprint density at radius 1 is 1.20 bits per heavy atom. The van der Waals surface area contributed by atoms with Gasteiger partial charge in [-0.15, -0.1) is 0 Å². The van der Waals surface area contributed by atoms with E-state index in [1.807, 2.05) is 19.9 Å². The third-order valence-corrected chi connectivity index (χ3v) is 8.93. The van der Waals surface area contributed by atoms with Crippen LogP contribution in [0, 0.1) is 17.2 Å². The van der Waals surface area contributed by atoms with Crippen molar-refractivity contribution in [2.45, 2.75) is 45.3 Å². The van der Waals surface area contributed by atoms with Crippen molar-refractivity contribution in [2.75, 3.05) is 46.2 Å². The highest BCUT2D eigenvalue weighted by molar-refractivity contribution is 6.41. The number of benzene rings is 1. The van der Waals surface area contributed by atoms with E-state index in [9.17, 15) is 14.9 Å². The average molecular weight is 641 g/mol. The Morgan fingerprint density at radius 2 is 1.89 bits per heavy atom. The van der Waals surface area contributed by atoms with Gasteiger partial charge in [-0.3, -0.25) is 19.1 Å². The van der Waals surface area contributed by atoms with Crippen molar-refractivity contribution in [1.82, 2.24) is 24.3 Å². The second-order valence-corrected chi connectivity index (χ2v) is 12.1. The van der Waals surface area contributed by atoms with Crippen molar-refractivity contribution in [3.05, 3.63) is 50.4 Å². The number of amides is 1. The fourth-order valence-corrected chi connectivity index (χ4v) is 6.69. The lowest BCUT2D eigenvalue weighted by molar-refractivity contribution is -0.134. The number of allylic oxidation sites excluding steroid dienone is 1. The number of nitriles is 1. The Labute approximate surface area is 266 Å². The Balaban J connectivity index is 1.52. The number of hydrogen-bond donors (Lipinski definition) is 1. The number of ether oxygens (including phenoxy) is 2. The maximum Gasteiger partial charge on any atom is 0.264 e. The van der Waals surface area contributed by atoms with Gasteiger partial charge in [0, 0.05) is 62.0 Å². The quantitative estimate of drug-likeness (QED) is 0.264. The number of anilines is 1. The Bertz CT molecular complexity index is 1700. The number of fused-ring (bicyclic) bond motifs is 1. The van der Waals surface area contributed by atoms with Crippen molar-refractivity contribution in [3.8, 4) is 28.7 Å². The van der Waals surface area contributed by atoms with Gasteiger partial charge in [0.05, 0.1) is 29.8 Å². The van der Waals surface area contributed by atoms with Crippen LogP contribution in [0.3, 0.4) is 0 Å².